The normalized spacial score (nSPS) is 16.4. The molecule has 2 aromatic carbocycles. The number of benzene rings is 2. The maximum Gasteiger partial charge on any atom is 0.219 e. The monoisotopic (exact) mass is 526 g/mol. The molecule has 8 nitrogen and oxygen atoms in total. The van der Waals surface area contributed by atoms with Crippen LogP contribution >= 0.6 is 0 Å². The van der Waals surface area contributed by atoms with Crippen LogP contribution in [0.5, 0.6) is 0 Å². The number of nitrogens with zero attached hydrogens (tertiary/aromatic N) is 5. The summed E-state index contributed by atoms with van der Waals surface area (Å²) >= 11 is 0. The van der Waals surface area contributed by atoms with Crippen molar-refractivity contribution in [3.05, 3.63) is 103 Å². The third-order valence-electron chi connectivity index (χ3n) is 7.35. The Morgan fingerprint density at radius 1 is 0.897 bits per heavy atom. The maximum absolute atomic E-state index is 11.4. The molecule has 2 aromatic heterocycles. The van der Waals surface area contributed by atoms with Crippen LogP contribution in [0.3, 0.4) is 0 Å². The van der Waals surface area contributed by atoms with Crippen LogP contribution in [0.2, 0.25) is 0 Å². The zero-order chi connectivity index (χ0) is 26.4. The number of aliphatic hydroxyl groups is 1. The second kappa shape index (κ2) is 12.7. The SMILES string of the molecule is C.C1=C(c2ccc(-n3ccnc3)cc2)CCNC1.CC(=O)N1CCC(O)(c2ccc(-n3ccnc3)cc2)CC1. The lowest BCUT2D eigenvalue weighted by atomic mass is 9.84. The van der Waals surface area contributed by atoms with Gasteiger partial charge in [0.1, 0.15) is 0 Å². The largest absolute Gasteiger partial charge is 0.385 e. The summed E-state index contributed by atoms with van der Waals surface area (Å²) in [6.07, 6.45) is 15.5. The van der Waals surface area contributed by atoms with Crippen LogP contribution in [0.15, 0.2) is 92.0 Å². The van der Waals surface area contributed by atoms with E-state index < -0.39 is 5.60 Å². The number of imidazole rings is 2. The number of aromatic nitrogens is 4. The molecule has 1 fully saturated rings. The molecule has 0 bridgehead atoms. The minimum absolute atomic E-state index is 0. The van der Waals surface area contributed by atoms with Crippen molar-refractivity contribution in [2.24, 2.45) is 0 Å². The van der Waals surface area contributed by atoms with Crippen molar-refractivity contribution in [3.63, 3.8) is 0 Å². The van der Waals surface area contributed by atoms with Crippen LogP contribution in [0, 0.1) is 0 Å². The molecule has 204 valence electrons. The van der Waals surface area contributed by atoms with Crippen molar-refractivity contribution in [1.29, 1.82) is 0 Å². The summed E-state index contributed by atoms with van der Waals surface area (Å²) in [5.41, 5.74) is 5.02. The molecule has 4 heterocycles. The highest BCUT2D eigenvalue weighted by Crippen LogP contribution is 2.33. The lowest BCUT2D eigenvalue weighted by Gasteiger charge is -2.38. The Kier molecular flexibility index (Phi) is 9.11. The molecule has 39 heavy (non-hydrogen) atoms. The van der Waals surface area contributed by atoms with E-state index in [2.05, 4.69) is 45.6 Å². The van der Waals surface area contributed by atoms with Gasteiger partial charge in [-0.1, -0.05) is 37.8 Å². The van der Waals surface area contributed by atoms with Crippen molar-refractivity contribution in [3.8, 4) is 11.4 Å². The number of likely N-dealkylation sites (tertiary alicyclic amines) is 1. The van der Waals surface area contributed by atoms with Crippen LogP contribution in [-0.4, -0.2) is 61.2 Å². The van der Waals surface area contributed by atoms with Gasteiger partial charge in [-0.05, 0) is 66.8 Å². The smallest absolute Gasteiger partial charge is 0.219 e. The third kappa shape index (κ3) is 6.71. The lowest BCUT2D eigenvalue weighted by molar-refractivity contribution is -0.133. The van der Waals surface area contributed by atoms with Gasteiger partial charge in [0.15, 0.2) is 0 Å². The average Bonchev–Trinajstić information content (AvgIpc) is 3.70. The highest BCUT2D eigenvalue weighted by atomic mass is 16.3. The summed E-state index contributed by atoms with van der Waals surface area (Å²) in [5.74, 6) is 0.0764. The van der Waals surface area contributed by atoms with Gasteiger partial charge >= 0.3 is 0 Å². The summed E-state index contributed by atoms with van der Waals surface area (Å²) < 4.78 is 3.94. The molecule has 0 saturated carbocycles. The average molecular weight is 527 g/mol. The molecule has 2 aliphatic rings. The molecule has 0 atom stereocenters. The standard InChI is InChI=1S/C16H19N3O2.C14H15N3.CH4/c1-13(20)18-9-6-16(21,7-10-18)14-2-4-15(5-3-14)19-11-8-17-12-19;1-3-14(17-10-9-16-11-17)4-2-12(1)13-5-7-15-8-6-13;/h2-5,8,11-12,21H,6-7,9-10H2,1H3;1-5,9-11,15H,6-8H2;1H4. The first-order valence-electron chi connectivity index (χ1n) is 13.1. The van der Waals surface area contributed by atoms with E-state index in [-0.39, 0.29) is 13.3 Å². The van der Waals surface area contributed by atoms with Gasteiger partial charge in [0.2, 0.25) is 5.91 Å². The van der Waals surface area contributed by atoms with Gasteiger partial charge in [0.05, 0.1) is 18.3 Å². The van der Waals surface area contributed by atoms with E-state index in [9.17, 15) is 9.90 Å². The second-order valence-electron chi connectivity index (χ2n) is 9.75. The van der Waals surface area contributed by atoms with Crippen LogP contribution in [0.25, 0.3) is 16.9 Å². The number of carbonyl (C=O) groups is 1. The Labute approximate surface area is 230 Å². The van der Waals surface area contributed by atoms with Gasteiger partial charge < -0.3 is 24.5 Å². The fourth-order valence-electron chi connectivity index (χ4n) is 4.98. The highest BCUT2D eigenvalue weighted by Gasteiger charge is 2.34. The Hall–Kier alpha value is -4.01. The fraction of sp³-hybridized carbons (Fsp3) is 0.323. The van der Waals surface area contributed by atoms with E-state index >= 15 is 0 Å². The Bertz CT molecular complexity index is 1340. The molecule has 6 rings (SSSR count). The van der Waals surface area contributed by atoms with Gasteiger partial charge in [-0.15, -0.1) is 0 Å². The first-order valence-corrected chi connectivity index (χ1v) is 13.1. The summed E-state index contributed by atoms with van der Waals surface area (Å²) in [7, 11) is 0. The van der Waals surface area contributed by atoms with Crippen LogP contribution in [0.1, 0.15) is 44.7 Å². The molecule has 1 saturated heterocycles. The van der Waals surface area contributed by atoms with E-state index in [0.717, 1.165) is 36.4 Å². The molecular weight excluding hydrogens is 488 g/mol. The quantitative estimate of drug-likeness (QED) is 0.406. The number of amides is 1. The van der Waals surface area contributed by atoms with Crippen molar-refractivity contribution in [2.45, 2.75) is 39.2 Å². The summed E-state index contributed by atoms with van der Waals surface area (Å²) in [6, 6.07) is 16.5. The van der Waals surface area contributed by atoms with Gasteiger partial charge in [0.25, 0.3) is 0 Å². The predicted octanol–water partition coefficient (Wildman–Crippen LogP) is 4.59. The van der Waals surface area contributed by atoms with E-state index in [1.807, 2.05) is 52.1 Å². The van der Waals surface area contributed by atoms with E-state index in [1.54, 1.807) is 30.5 Å². The molecular formula is C31H38N6O2. The summed E-state index contributed by atoms with van der Waals surface area (Å²) in [4.78, 5) is 21.2. The Morgan fingerprint density at radius 2 is 1.46 bits per heavy atom. The van der Waals surface area contributed by atoms with Crippen LogP contribution < -0.4 is 5.32 Å². The zero-order valence-electron chi connectivity index (χ0n) is 21.7. The highest BCUT2D eigenvalue weighted by molar-refractivity contribution is 5.73. The Morgan fingerprint density at radius 3 is 1.92 bits per heavy atom. The van der Waals surface area contributed by atoms with Crippen LogP contribution in [0.4, 0.5) is 0 Å². The first-order chi connectivity index (χ1) is 18.5. The van der Waals surface area contributed by atoms with Crippen molar-refractivity contribution in [1.82, 2.24) is 29.3 Å². The van der Waals surface area contributed by atoms with Gasteiger partial charge in [-0.3, -0.25) is 4.79 Å². The minimum atomic E-state index is -0.834. The Balaban J connectivity index is 0.000000180. The molecule has 1 amide bonds. The number of hydrogen-bond donors (Lipinski definition) is 2. The van der Waals surface area contributed by atoms with Crippen molar-refractivity contribution in [2.75, 3.05) is 26.2 Å². The predicted molar refractivity (Wildman–Crippen MR) is 155 cm³/mol. The molecule has 0 radical (unpaired) electrons. The maximum atomic E-state index is 11.4. The van der Waals surface area contributed by atoms with E-state index in [1.165, 1.54) is 11.1 Å². The molecule has 4 aromatic rings. The topological polar surface area (TPSA) is 88.2 Å². The molecule has 8 heteroatoms. The number of nitrogens with one attached hydrogen (secondary N) is 1. The number of piperidine rings is 1. The van der Waals surface area contributed by atoms with E-state index in [0.29, 0.717) is 25.9 Å². The molecule has 2 N–H and O–H groups in total. The number of carbonyl (C=O) groups excluding carboxylic acids is 1. The van der Waals surface area contributed by atoms with Gasteiger partial charge in [-0.2, -0.15) is 0 Å². The summed E-state index contributed by atoms with van der Waals surface area (Å²) in [6.45, 7) is 4.85. The van der Waals surface area contributed by atoms with Crippen molar-refractivity contribution >= 4 is 11.5 Å². The molecule has 0 unspecified atom stereocenters. The van der Waals surface area contributed by atoms with E-state index in [4.69, 9.17) is 0 Å². The number of rotatable bonds is 4. The van der Waals surface area contributed by atoms with Crippen molar-refractivity contribution < 1.29 is 9.90 Å². The first kappa shape index (κ1) is 28.0. The zero-order valence-corrected chi connectivity index (χ0v) is 21.7. The summed E-state index contributed by atoms with van der Waals surface area (Å²) in [5, 5.41) is 14.1. The molecule has 0 spiro atoms. The molecule has 2 aliphatic heterocycles. The fourth-order valence-corrected chi connectivity index (χ4v) is 4.98. The minimum Gasteiger partial charge on any atom is -0.385 e. The molecule has 0 aliphatic carbocycles. The van der Waals surface area contributed by atoms with Gasteiger partial charge in [-0.25, -0.2) is 9.97 Å². The third-order valence-corrected chi connectivity index (χ3v) is 7.35. The lowest BCUT2D eigenvalue weighted by Crippen LogP contribution is -2.44. The van der Waals surface area contributed by atoms with Crippen LogP contribution in [-0.2, 0) is 10.4 Å². The second-order valence-corrected chi connectivity index (χ2v) is 9.75. The van der Waals surface area contributed by atoms with Gasteiger partial charge in [0, 0.05) is 62.7 Å². The number of hydrogen-bond acceptors (Lipinski definition) is 5.